The van der Waals surface area contributed by atoms with Crippen molar-refractivity contribution in [3.8, 4) is 0 Å². The first-order valence-electron chi connectivity index (χ1n) is 7.98. The Labute approximate surface area is 132 Å². The van der Waals surface area contributed by atoms with Crippen molar-refractivity contribution in [2.45, 2.75) is 60.4 Å². The van der Waals surface area contributed by atoms with Gasteiger partial charge in [0.05, 0.1) is 0 Å². The monoisotopic (exact) mass is 290 g/mol. The van der Waals surface area contributed by atoms with Crippen LogP contribution in [0.3, 0.4) is 0 Å². The molecule has 2 heteroatoms. The van der Waals surface area contributed by atoms with Gasteiger partial charge in [-0.2, -0.15) is 0 Å². The molecule has 0 aromatic carbocycles. The number of hydrogen-bond donors (Lipinski definition) is 1. The second kappa shape index (κ2) is 6.39. The summed E-state index contributed by atoms with van der Waals surface area (Å²) in [6, 6.07) is 0. The fraction of sp³-hybridized carbons (Fsp3) is 0.684. The van der Waals surface area contributed by atoms with Crippen LogP contribution in [0.1, 0.15) is 54.9 Å². The van der Waals surface area contributed by atoms with E-state index in [1.165, 1.54) is 11.3 Å². The fourth-order valence-electron chi connectivity index (χ4n) is 2.35. The molecule has 1 aliphatic carbocycles. The van der Waals surface area contributed by atoms with Gasteiger partial charge in [0, 0.05) is 23.5 Å². The van der Waals surface area contributed by atoms with Gasteiger partial charge in [0.2, 0.25) is 0 Å². The molecule has 2 nitrogen and oxygen atoms in total. The maximum Gasteiger partial charge on any atom is 0.0381 e. The van der Waals surface area contributed by atoms with Crippen LogP contribution in [0.4, 0.5) is 0 Å². The lowest BCUT2D eigenvalue weighted by molar-refractivity contribution is 0.189. The van der Waals surface area contributed by atoms with Gasteiger partial charge in [0.25, 0.3) is 0 Å². The Kier molecular flexibility index (Phi) is 5.49. The quantitative estimate of drug-likeness (QED) is 0.806. The zero-order chi connectivity index (χ0) is 16.4. The third-order valence-corrected chi connectivity index (χ3v) is 4.38. The lowest BCUT2D eigenvalue weighted by Crippen LogP contribution is -2.41. The minimum atomic E-state index is 0.163. The van der Waals surface area contributed by atoms with E-state index in [0.717, 1.165) is 18.7 Å². The van der Waals surface area contributed by atoms with E-state index in [1.807, 2.05) is 0 Å². The van der Waals surface area contributed by atoms with E-state index >= 15 is 0 Å². The fourth-order valence-corrected chi connectivity index (χ4v) is 2.35. The smallest absolute Gasteiger partial charge is 0.0381 e. The van der Waals surface area contributed by atoms with Gasteiger partial charge in [-0.05, 0) is 51.6 Å². The van der Waals surface area contributed by atoms with Gasteiger partial charge in [-0.25, -0.2) is 0 Å². The Balaban J connectivity index is 2.69. The molecular formula is C19H34N2. The average molecular weight is 290 g/mol. The number of hydrogen-bond acceptors (Lipinski definition) is 2. The van der Waals surface area contributed by atoms with Crippen LogP contribution in [0.5, 0.6) is 0 Å². The maximum atomic E-state index is 4.19. The van der Waals surface area contributed by atoms with Gasteiger partial charge >= 0.3 is 0 Å². The maximum absolute atomic E-state index is 4.19. The third-order valence-electron chi connectivity index (χ3n) is 4.38. The van der Waals surface area contributed by atoms with Gasteiger partial charge < -0.3 is 5.32 Å². The molecule has 0 aromatic rings. The largest absolute Gasteiger partial charge is 0.361 e. The standard InChI is InChI=1S/C19H34N2/c1-14-12-16(18(3,4)5)10-11-17(14)20-15(2)13-21(9)19(6,7)8/h10-11,14,20H,2,12-13H2,1,3-9H3. The molecule has 0 bridgehead atoms. The minimum Gasteiger partial charge on any atom is -0.361 e. The second-order valence-corrected chi connectivity index (χ2v) is 8.42. The molecule has 0 amide bonds. The van der Waals surface area contributed by atoms with E-state index < -0.39 is 0 Å². The highest BCUT2D eigenvalue weighted by Gasteiger charge is 2.24. The summed E-state index contributed by atoms with van der Waals surface area (Å²) in [4.78, 5) is 2.31. The van der Waals surface area contributed by atoms with Crippen molar-refractivity contribution in [3.05, 3.63) is 35.7 Å². The number of nitrogens with zero attached hydrogens (tertiary/aromatic N) is 1. The number of likely N-dealkylation sites (N-methyl/N-ethyl adjacent to an activating group) is 1. The molecule has 0 heterocycles. The van der Waals surface area contributed by atoms with Crippen molar-refractivity contribution in [1.29, 1.82) is 0 Å². The third kappa shape index (κ3) is 5.35. The molecule has 0 saturated heterocycles. The van der Waals surface area contributed by atoms with Crippen molar-refractivity contribution >= 4 is 0 Å². The molecule has 120 valence electrons. The molecule has 0 aromatic heterocycles. The summed E-state index contributed by atoms with van der Waals surface area (Å²) in [5, 5.41) is 3.52. The summed E-state index contributed by atoms with van der Waals surface area (Å²) in [7, 11) is 2.14. The summed E-state index contributed by atoms with van der Waals surface area (Å²) in [5.74, 6) is 0.529. The summed E-state index contributed by atoms with van der Waals surface area (Å²) in [6.45, 7) is 20.9. The summed E-state index contributed by atoms with van der Waals surface area (Å²) >= 11 is 0. The van der Waals surface area contributed by atoms with Crippen LogP contribution >= 0.6 is 0 Å². The van der Waals surface area contributed by atoms with Crippen LogP contribution in [0.15, 0.2) is 35.7 Å². The van der Waals surface area contributed by atoms with Crippen molar-refractivity contribution in [3.63, 3.8) is 0 Å². The molecular weight excluding hydrogens is 256 g/mol. The highest BCUT2D eigenvalue weighted by molar-refractivity contribution is 5.30. The first-order valence-corrected chi connectivity index (χ1v) is 7.98. The molecule has 1 rings (SSSR count). The van der Waals surface area contributed by atoms with Crippen molar-refractivity contribution in [2.75, 3.05) is 13.6 Å². The molecule has 0 spiro atoms. The van der Waals surface area contributed by atoms with Crippen molar-refractivity contribution in [2.24, 2.45) is 11.3 Å². The molecule has 0 saturated carbocycles. The van der Waals surface area contributed by atoms with Crippen molar-refractivity contribution < 1.29 is 0 Å². The minimum absolute atomic E-state index is 0.163. The summed E-state index contributed by atoms with van der Waals surface area (Å²) in [5.41, 5.74) is 4.31. The van der Waals surface area contributed by atoms with Gasteiger partial charge in [0.1, 0.15) is 0 Å². The summed E-state index contributed by atoms with van der Waals surface area (Å²) in [6.07, 6.45) is 5.64. The van der Waals surface area contributed by atoms with Crippen molar-refractivity contribution in [1.82, 2.24) is 10.2 Å². The summed E-state index contributed by atoms with van der Waals surface area (Å²) < 4.78 is 0. The Bertz CT molecular complexity index is 441. The zero-order valence-electron chi connectivity index (χ0n) is 15.3. The zero-order valence-corrected chi connectivity index (χ0v) is 15.3. The molecule has 1 atom stereocenters. The van der Waals surface area contributed by atoms with E-state index in [2.05, 4.69) is 84.5 Å². The molecule has 0 radical (unpaired) electrons. The van der Waals surface area contributed by atoms with E-state index in [4.69, 9.17) is 0 Å². The SMILES string of the molecule is C=C(CN(C)C(C)(C)C)NC1=CC=C(C(C)(C)C)CC1C. The normalized spacial score (nSPS) is 20.1. The van der Waals surface area contributed by atoms with E-state index in [1.54, 1.807) is 0 Å². The topological polar surface area (TPSA) is 15.3 Å². The lowest BCUT2D eigenvalue weighted by Gasteiger charge is -2.34. The predicted molar refractivity (Wildman–Crippen MR) is 94.1 cm³/mol. The van der Waals surface area contributed by atoms with Gasteiger partial charge in [0.15, 0.2) is 0 Å². The van der Waals surface area contributed by atoms with Crippen LogP contribution in [-0.4, -0.2) is 24.0 Å². The molecule has 1 unspecified atom stereocenters. The molecule has 0 fully saturated rings. The van der Waals surface area contributed by atoms with Crippen LogP contribution in [0.25, 0.3) is 0 Å². The number of nitrogens with one attached hydrogen (secondary N) is 1. The van der Waals surface area contributed by atoms with Crippen LogP contribution in [0.2, 0.25) is 0 Å². The van der Waals surface area contributed by atoms with E-state index in [-0.39, 0.29) is 11.0 Å². The Morgan fingerprint density at radius 2 is 1.81 bits per heavy atom. The number of rotatable bonds is 4. The van der Waals surface area contributed by atoms with Crippen LogP contribution in [0, 0.1) is 11.3 Å². The molecule has 1 N–H and O–H groups in total. The Morgan fingerprint density at radius 3 is 2.24 bits per heavy atom. The van der Waals surface area contributed by atoms with E-state index in [0.29, 0.717) is 5.92 Å². The average Bonchev–Trinajstić information content (AvgIpc) is 2.29. The second-order valence-electron chi connectivity index (χ2n) is 8.42. The van der Waals surface area contributed by atoms with Gasteiger partial charge in [-0.1, -0.05) is 45.9 Å². The predicted octanol–water partition coefficient (Wildman–Crippen LogP) is 4.72. The molecule has 0 aliphatic heterocycles. The number of allylic oxidation sites excluding steroid dienone is 4. The Morgan fingerprint density at radius 1 is 1.24 bits per heavy atom. The van der Waals surface area contributed by atoms with Gasteiger partial charge in [-0.15, -0.1) is 0 Å². The van der Waals surface area contributed by atoms with Gasteiger partial charge in [-0.3, -0.25) is 4.90 Å². The highest BCUT2D eigenvalue weighted by Crippen LogP contribution is 2.35. The molecule has 1 aliphatic rings. The van der Waals surface area contributed by atoms with Crippen LogP contribution in [-0.2, 0) is 0 Å². The lowest BCUT2D eigenvalue weighted by atomic mass is 9.78. The first-order chi connectivity index (χ1) is 9.41. The highest BCUT2D eigenvalue weighted by atomic mass is 15.2. The molecule has 21 heavy (non-hydrogen) atoms. The Hall–Kier alpha value is -1.02. The van der Waals surface area contributed by atoms with Crippen LogP contribution < -0.4 is 5.32 Å². The first kappa shape index (κ1) is 18.0. The van der Waals surface area contributed by atoms with E-state index in [9.17, 15) is 0 Å².